The Morgan fingerprint density at radius 1 is 1.11 bits per heavy atom. The number of hydrogen-bond acceptors (Lipinski definition) is 2. The summed E-state index contributed by atoms with van der Waals surface area (Å²) in [7, 11) is 1.98. The zero-order valence-electron chi connectivity index (χ0n) is 11.8. The molecular weight excluding hydrogens is 222 g/mol. The Hall–Kier alpha value is -1.02. The molecule has 1 atom stereocenters. The van der Waals surface area contributed by atoms with E-state index >= 15 is 0 Å². The van der Waals surface area contributed by atoms with E-state index in [1.165, 1.54) is 31.2 Å². The van der Waals surface area contributed by atoms with E-state index in [1.807, 2.05) is 7.05 Å². The number of benzene rings is 1. The van der Waals surface area contributed by atoms with Gasteiger partial charge in [-0.2, -0.15) is 0 Å². The number of rotatable bonds is 4. The lowest BCUT2D eigenvalue weighted by Crippen LogP contribution is -2.23. The first-order chi connectivity index (χ1) is 8.69. The van der Waals surface area contributed by atoms with Crippen molar-refractivity contribution in [2.24, 2.45) is 5.92 Å². The van der Waals surface area contributed by atoms with Gasteiger partial charge in [0.05, 0.1) is 6.10 Å². The summed E-state index contributed by atoms with van der Waals surface area (Å²) in [4.78, 5) is 0. The summed E-state index contributed by atoms with van der Waals surface area (Å²) < 4.78 is 6.05. The Morgan fingerprint density at radius 2 is 1.72 bits per heavy atom. The molecule has 1 saturated carbocycles. The molecule has 1 aromatic rings. The summed E-state index contributed by atoms with van der Waals surface area (Å²) in [6, 6.07) is 8.90. The van der Waals surface area contributed by atoms with Crippen LogP contribution in [0.1, 0.15) is 51.1 Å². The molecule has 0 spiro atoms. The number of nitrogens with one attached hydrogen (secondary N) is 1. The van der Waals surface area contributed by atoms with E-state index in [2.05, 4.69) is 43.4 Å². The van der Waals surface area contributed by atoms with Crippen LogP contribution in [0.2, 0.25) is 0 Å². The first kappa shape index (κ1) is 13.4. The summed E-state index contributed by atoms with van der Waals surface area (Å²) in [5, 5.41) is 3.25. The fraction of sp³-hybridized carbons (Fsp3) is 0.625. The van der Waals surface area contributed by atoms with E-state index in [9.17, 15) is 0 Å². The normalized spacial score (nSPS) is 25.7. The second-order valence-electron chi connectivity index (χ2n) is 5.58. The standard InChI is InChI=1S/C16H25NO/c1-12-4-8-15(9-5-12)18-16-10-6-14(7-11-16)13(2)17-3/h6-7,10-13,15,17H,4-5,8-9H2,1-3H3. The third-order valence-corrected chi connectivity index (χ3v) is 4.08. The Kier molecular flexibility index (Phi) is 4.65. The average molecular weight is 247 g/mol. The van der Waals surface area contributed by atoms with Crippen molar-refractivity contribution in [1.82, 2.24) is 5.32 Å². The summed E-state index contributed by atoms with van der Waals surface area (Å²) >= 11 is 0. The molecule has 1 aromatic carbocycles. The highest BCUT2D eigenvalue weighted by atomic mass is 16.5. The SMILES string of the molecule is CNC(C)c1ccc(OC2CCC(C)CC2)cc1. The van der Waals surface area contributed by atoms with Gasteiger partial charge in [0, 0.05) is 6.04 Å². The Morgan fingerprint density at radius 3 is 2.28 bits per heavy atom. The van der Waals surface area contributed by atoms with Crippen molar-refractivity contribution in [2.75, 3.05) is 7.05 Å². The first-order valence-corrected chi connectivity index (χ1v) is 7.13. The van der Waals surface area contributed by atoms with Crippen LogP contribution in [-0.4, -0.2) is 13.2 Å². The third-order valence-electron chi connectivity index (χ3n) is 4.08. The van der Waals surface area contributed by atoms with Gasteiger partial charge in [-0.25, -0.2) is 0 Å². The maximum Gasteiger partial charge on any atom is 0.119 e. The van der Waals surface area contributed by atoms with Gasteiger partial charge in [-0.1, -0.05) is 19.1 Å². The van der Waals surface area contributed by atoms with E-state index in [0.29, 0.717) is 12.1 Å². The van der Waals surface area contributed by atoms with Crippen molar-refractivity contribution < 1.29 is 4.74 Å². The number of ether oxygens (including phenoxy) is 1. The van der Waals surface area contributed by atoms with Crippen LogP contribution in [0, 0.1) is 5.92 Å². The van der Waals surface area contributed by atoms with Gasteiger partial charge < -0.3 is 10.1 Å². The average Bonchev–Trinajstić information content (AvgIpc) is 2.41. The summed E-state index contributed by atoms with van der Waals surface area (Å²) in [6.45, 7) is 4.50. The third kappa shape index (κ3) is 3.49. The fourth-order valence-electron chi connectivity index (χ4n) is 2.54. The molecule has 0 bridgehead atoms. The van der Waals surface area contributed by atoms with Crippen LogP contribution in [0.3, 0.4) is 0 Å². The van der Waals surface area contributed by atoms with Gasteiger partial charge in [0.2, 0.25) is 0 Å². The molecule has 0 aliphatic heterocycles. The monoisotopic (exact) mass is 247 g/mol. The molecule has 2 nitrogen and oxygen atoms in total. The quantitative estimate of drug-likeness (QED) is 0.870. The van der Waals surface area contributed by atoms with Crippen molar-refractivity contribution in [3.63, 3.8) is 0 Å². The van der Waals surface area contributed by atoms with Crippen molar-refractivity contribution in [1.29, 1.82) is 0 Å². The molecule has 0 aromatic heterocycles. The second kappa shape index (κ2) is 6.24. The van der Waals surface area contributed by atoms with E-state index in [0.717, 1.165) is 11.7 Å². The minimum Gasteiger partial charge on any atom is -0.490 e. The Balaban J connectivity index is 1.90. The highest BCUT2D eigenvalue weighted by Gasteiger charge is 2.19. The van der Waals surface area contributed by atoms with Crippen molar-refractivity contribution in [3.8, 4) is 5.75 Å². The maximum atomic E-state index is 6.05. The minimum absolute atomic E-state index is 0.398. The summed E-state index contributed by atoms with van der Waals surface area (Å²) in [5.41, 5.74) is 1.31. The van der Waals surface area contributed by atoms with Gasteiger partial charge >= 0.3 is 0 Å². The van der Waals surface area contributed by atoms with Crippen LogP contribution in [0.25, 0.3) is 0 Å². The fourth-order valence-corrected chi connectivity index (χ4v) is 2.54. The van der Waals surface area contributed by atoms with Crippen molar-refractivity contribution in [2.45, 2.75) is 51.7 Å². The van der Waals surface area contributed by atoms with Gasteiger partial charge in [0.25, 0.3) is 0 Å². The van der Waals surface area contributed by atoms with Gasteiger partial charge in [0.1, 0.15) is 5.75 Å². The van der Waals surface area contributed by atoms with E-state index in [-0.39, 0.29) is 0 Å². The lowest BCUT2D eigenvalue weighted by atomic mass is 9.89. The zero-order valence-corrected chi connectivity index (χ0v) is 11.8. The predicted molar refractivity (Wildman–Crippen MR) is 76.0 cm³/mol. The largest absolute Gasteiger partial charge is 0.490 e. The molecule has 0 saturated heterocycles. The molecule has 0 heterocycles. The van der Waals surface area contributed by atoms with Crippen LogP contribution in [0.15, 0.2) is 24.3 Å². The van der Waals surface area contributed by atoms with Gasteiger partial charge in [-0.3, -0.25) is 0 Å². The molecule has 1 unspecified atom stereocenters. The van der Waals surface area contributed by atoms with Gasteiger partial charge in [-0.15, -0.1) is 0 Å². The smallest absolute Gasteiger partial charge is 0.119 e. The maximum absolute atomic E-state index is 6.05. The molecule has 18 heavy (non-hydrogen) atoms. The molecule has 100 valence electrons. The molecule has 1 N–H and O–H groups in total. The van der Waals surface area contributed by atoms with Crippen molar-refractivity contribution >= 4 is 0 Å². The minimum atomic E-state index is 0.398. The Bertz CT molecular complexity index is 352. The van der Waals surface area contributed by atoms with Gasteiger partial charge in [-0.05, 0) is 63.3 Å². The van der Waals surface area contributed by atoms with E-state index in [1.54, 1.807) is 0 Å². The van der Waals surface area contributed by atoms with Crippen LogP contribution in [0.4, 0.5) is 0 Å². The predicted octanol–water partition coefficient (Wildman–Crippen LogP) is 3.92. The molecule has 2 heteroatoms. The summed E-state index contributed by atoms with van der Waals surface area (Å²) in [6.07, 6.45) is 5.44. The molecule has 1 aliphatic rings. The lowest BCUT2D eigenvalue weighted by Gasteiger charge is -2.27. The van der Waals surface area contributed by atoms with Gasteiger partial charge in [0.15, 0.2) is 0 Å². The van der Waals surface area contributed by atoms with Crippen LogP contribution in [-0.2, 0) is 0 Å². The highest BCUT2D eigenvalue weighted by Crippen LogP contribution is 2.27. The molecular formula is C16H25NO. The molecule has 0 radical (unpaired) electrons. The van der Waals surface area contributed by atoms with Crippen LogP contribution >= 0.6 is 0 Å². The second-order valence-corrected chi connectivity index (χ2v) is 5.58. The van der Waals surface area contributed by atoms with E-state index in [4.69, 9.17) is 4.74 Å². The molecule has 1 fully saturated rings. The topological polar surface area (TPSA) is 21.3 Å². The summed E-state index contributed by atoms with van der Waals surface area (Å²) in [5.74, 6) is 1.89. The van der Waals surface area contributed by atoms with E-state index < -0.39 is 0 Å². The van der Waals surface area contributed by atoms with Crippen molar-refractivity contribution in [3.05, 3.63) is 29.8 Å². The number of hydrogen-bond donors (Lipinski definition) is 1. The highest BCUT2D eigenvalue weighted by molar-refractivity contribution is 5.29. The van der Waals surface area contributed by atoms with Crippen LogP contribution in [0.5, 0.6) is 5.75 Å². The Labute approximate surface area is 111 Å². The molecule has 1 aliphatic carbocycles. The zero-order chi connectivity index (χ0) is 13.0. The molecule has 0 amide bonds. The lowest BCUT2D eigenvalue weighted by molar-refractivity contribution is 0.135. The first-order valence-electron chi connectivity index (χ1n) is 7.13. The van der Waals surface area contributed by atoms with Crippen LogP contribution < -0.4 is 10.1 Å². The molecule has 2 rings (SSSR count).